The van der Waals surface area contributed by atoms with Gasteiger partial charge >= 0.3 is 0 Å². The predicted molar refractivity (Wildman–Crippen MR) is 66.1 cm³/mol. The molecule has 0 aliphatic heterocycles. The van der Waals surface area contributed by atoms with Gasteiger partial charge in [0.1, 0.15) is 0 Å². The zero-order valence-electron chi connectivity index (χ0n) is 13.2. The molecule has 0 aromatic heterocycles. The molecule has 0 bridgehead atoms. The van der Waals surface area contributed by atoms with Gasteiger partial charge in [0.25, 0.3) is 0 Å². The second-order valence-corrected chi connectivity index (χ2v) is 3.75. The maximum absolute atomic E-state index is 8.09. The van der Waals surface area contributed by atoms with Gasteiger partial charge < -0.3 is 0 Å². The fourth-order valence-corrected chi connectivity index (χ4v) is 1.67. The van der Waals surface area contributed by atoms with Crippen LogP contribution in [0, 0.1) is 20.8 Å². The van der Waals surface area contributed by atoms with Gasteiger partial charge in [0.05, 0.1) is 5.48 Å². The summed E-state index contributed by atoms with van der Waals surface area (Å²) in [7, 11) is 0. The molecule has 15 heavy (non-hydrogen) atoms. The average Bonchev–Trinajstić information content (AvgIpc) is 2.39. The summed E-state index contributed by atoms with van der Waals surface area (Å²) in [5.41, 5.74) is 4.25. The van der Waals surface area contributed by atoms with Crippen molar-refractivity contribution in [2.24, 2.45) is 0 Å². The highest BCUT2D eigenvalue weighted by Crippen LogP contribution is 2.27. The molecule has 0 aliphatic carbocycles. The molecular weight excluding hydrogens is 180 g/mol. The monoisotopic (exact) mass is 200 g/mol. The van der Waals surface area contributed by atoms with Crippen LogP contribution in [0.25, 0.3) is 11.1 Å². The Morgan fingerprint density at radius 1 is 0.867 bits per heavy atom. The summed E-state index contributed by atoms with van der Waals surface area (Å²) in [6.07, 6.45) is 0. The van der Waals surface area contributed by atoms with Gasteiger partial charge in [0.15, 0.2) is 0 Å². The Morgan fingerprint density at radius 3 is 2.40 bits per heavy atom. The fourth-order valence-electron chi connectivity index (χ4n) is 1.67. The second kappa shape index (κ2) is 3.90. The van der Waals surface area contributed by atoms with E-state index >= 15 is 0 Å². The van der Waals surface area contributed by atoms with E-state index in [1.807, 2.05) is 32.0 Å². The van der Waals surface area contributed by atoms with E-state index in [1.54, 1.807) is 6.92 Å². The minimum atomic E-state index is -0.175. The molecule has 0 N–H and O–H groups in total. The van der Waals surface area contributed by atoms with Crippen LogP contribution in [0.3, 0.4) is 0 Å². The Morgan fingerprint density at radius 2 is 1.60 bits per heavy atom. The first-order valence-electron chi connectivity index (χ1n) is 6.99. The van der Waals surface area contributed by atoms with E-state index in [9.17, 15) is 0 Å². The first-order chi connectivity index (χ1) is 8.86. The Labute approximate surface area is 97.2 Å². The minimum absolute atomic E-state index is 0.0344. The van der Waals surface area contributed by atoms with E-state index in [0.717, 1.165) is 16.7 Å². The highest BCUT2D eigenvalue weighted by atomic mass is 14.1. The van der Waals surface area contributed by atoms with Crippen molar-refractivity contribution in [3.05, 3.63) is 59.1 Å². The van der Waals surface area contributed by atoms with Gasteiger partial charge in [-0.2, -0.15) is 0 Å². The zero-order chi connectivity index (χ0) is 14.3. The third-order valence-corrected chi connectivity index (χ3v) is 2.75. The SMILES string of the molecule is [2H]c1c([2H])c([2H])c(-c2cccc(C)c2C)c(C)c1[2H]. The lowest BCUT2D eigenvalue weighted by Crippen LogP contribution is -1.88. The van der Waals surface area contributed by atoms with Gasteiger partial charge in [-0.1, -0.05) is 42.4 Å². The van der Waals surface area contributed by atoms with Crippen molar-refractivity contribution in [1.29, 1.82) is 0 Å². The van der Waals surface area contributed by atoms with Crippen molar-refractivity contribution in [2.75, 3.05) is 0 Å². The molecule has 0 saturated heterocycles. The molecule has 0 unspecified atom stereocenters. The van der Waals surface area contributed by atoms with Crippen LogP contribution in [-0.2, 0) is 0 Å². The number of rotatable bonds is 1. The summed E-state index contributed by atoms with van der Waals surface area (Å²) in [6.45, 7) is 5.72. The molecule has 0 spiro atoms. The van der Waals surface area contributed by atoms with Crippen LogP contribution in [-0.4, -0.2) is 0 Å². The Kier molecular flexibility index (Phi) is 1.59. The van der Waals surface area contributed by atoms with E-state index < -0.39 is 0 Å². The highest BCUT2D eigenvalue weighted by Gasteiger charge is 2.04. The van der Waals surface area contributed by atoms with E-state index in [-0.39, 0.29) is 24.2 Å². The number of hydrogen-bond acceptors (Lipinski definition) is 0. The molecule has 0 heterocycles. The first-order valence-corrected chi connectivity index (χ1v) is 4.99. The Balaban J connectivity index is 2.87. The molecule has 0 radical (unpaired) electrons. The van der Waals surface area contributed by atoms with Crippen molar-refractivity contribution in [3.63, 3.8) is 0 Å². The van der Waals surface area contributed by atoms with Crippen LogP contribution in [0.5, 0.6) is 0 Å². The van der Waals surface area contributed by atoms with Gasteiger partial charge in [-0.05, 0) is 48.6 Å². The predicted octanol–water partition coefficient (Wildman–Crippen LogP) is 4.28. The topological polar surface area (TPSA) is 0 Å². The van der Waals surface area contributed by atoms with Crippen molar-refractivity contribution >= 4 is 0 Å². The van der Waals surface area contributed by atoms with Crippen LogP contribution in [0.4, 0.5) is 0 Å². The quantitative estimate of drug-likeness (QED) is 0.644. The maximum atomic E-state index is 8.09. The molecule has 0 aliphatic rings. The third kappa shape index (κ3) is 1.80. The summed E-state index contributed by atoms with van der Waals surface area (Å²) in [5.74, 6) is 0. The summed E-state index contributed by atoms with van der Waals surface area (Å²) in [4.78, 5) is 0. The fraction of sp³-hybridized carbons (Fsp3) is 0.200. The Hall–Kier alpha value is -1.56. The van der Waals surface area contributed by atoms with Gasteiger partial charge in [-0.25, -0.2) is 0 Å². The third-order valence-electron chi connectivity index (χ3n) is 2.75. The van der Waals surface area contributed by atoms with Crippen LogP contribution in [0.1, 0.15) is 22.2 Å². The van der Waals surface area contributed by atoms with Gasteiger partial charge in [0.2, 0.25) is 0 Å². The highest BCUT2D eigenvalue weighted by molar-refractivity contribution is 5.71. The second-order valence-electron chi connectivity index (χ2n) is 3.75. The molecule has 2 aromatic carbocycles. The van der Waals surface area contributed by atoms with Gasteiger partial charge in [-0.3, -0.25) is 0 Å². The average molecular weight is 200 g/mol. The summed E-state index contributed by atoms with van der Waals surface area (Å²) >= 11 is 0. The number of benzene rings is 2. The van der Waals surface area contributed by atoms with E-state index in [1.165, 1.54) is 0 Å². The van der Waals surface area contributed by atoms with Crippen LogP contribution >= 0.6 is 0 Å². The summed E-state index contributed by atoms with van der Waals surface area (Å²) in [6, 6.07) is 5.55. The Bertz CT molecular complexity index is 631. The maximum Gasteiger partial charge on any atom is 0.0629 e. The van der Waals surface area contributed by atoms with Gasteiger partial charge in [-0.15, -0.1) is 0 Å². The molecule has 2 rings (SSSR count). The van der Waals surface area contributed by atoms with E-state index in [0.29, 0.717) is 11.1 Å². The molecule has 2 aromatic rings. The molecule has 0 saturated carbocycles. The molecule has 0 atom stereocenters. The van der Waals surface area contributed by atoms with Crippen molar-refractivity contribution in [1.82, 2.24) is 0 Å². The lowest BCUT2D eigenvalue weighted by molar-refractivity contribution is 1.33. The van der Waals surface area contributed by atoms with E-state index in [2.05, 4.69) is 0 Å². The molecule has 0 nitrogen and oxygen atoms in total. The lowest BCUT2D eigenvalue weighted by Gasteiger charge is -2.10. The molecule has 0 amide bonds. The first kappa shape index (κ1) is 6.12. The lowest BCUT2D eigenvalue weighted by atomic mass is 9.94. The number of aryl methyl sites for hydroxylation is 1. The summed E-state index contributed by atoms with van der Waals surface area (Å²) < 4.78 is 31.5. The van der Waals surface area contributed by atoms with E-state index in [4.69, 9.17) is 5.48 Å². The molecule has 76 valence electrons. The summed E-state index contributed by atoms with van der Waals surface area (Å²) in [5, 5.41) is 0. The van der Waals surface area contributed by atoms with Crippen molar-refractivity contribution in [3.8, 4) is 11.1 Å². The standard InChI is InChI=1S/C15H16/c1-11-8-6-10-15(13(11)3)14-9-5-4-7-12(14)2/h4-10H,1-3H3/i4D,5D,7D,9D. The van der Waals surface area contributed by atoms with Crippen LogP contribution in [0.15, 0.2) is 42.4 Å². The molecule has 0 fully saturated rings. The van der Waals surface area contributed by atoms with Crippen LogP contribution in [0.2, 0.25) is 0 Å². The number of hydrogen-bond donors (Lipinski definition) is 0. The molecular formula is C15H16. The van der Waals surface area contributed by atoms with Crippen molar-refractivity contribution < 1.29 is 5.48 Å². The smallest absolute Gasteiger partial charge is 0.0620 e. The zero-order valence-corrected chi connectivity index (χ0v) is 9.23. The van der Waals surface area contributed by atoms with Crippen LogP contribution < -0.4 is 0 Å². The largest absolute Gasteiger partial charge is 0.0629 e. The minimum Gasteiger partial charge on any atom is -0.0620 e. The molecule has 0 heteroatoms. The van der Waals surface area contributed by atoms with Gasteiger partial charge in [0, 0.05) is 0 Å². The normalized spacial score (nSPS) is 14.1. The van der Waals surface area contributed by atoms with Crippen molar-refractivity contribution in [2.45, 2.75) is 20.8 Å².